The molecule has 0 amide bonds. The van der Waals surface area contributed by atoms with E-state index in [4.69, 9.17) is 9.15 Å². The van der Waals surface area contributed by atoms with Gasteiger partial charge in [-0.1, -0.05) is 18.2 Å². The molecule has 2 aromatic carbocycles. The molecule has 2 heterocycles. The average Bonchev–Trinajstić information content (AvgIpc) is 3.25. The first-order valence-electron chi connectivity index (χ1n) is 10.6. The highest BCUT2D eigenvalue weighted by Crippen LogP contribution is 2.30. The Labute approximate surface area is 190 Å². The first-order valence-corrected chi connectivity index (χ1v) is 10.6. The largest absolute Gasteiger partial charge is 0.507 e. The van der Waals surface area contributed by atoms with Crippen molar-refractivity contribution in [1.82, 2.24) is 0 Å². The minimum Gasteiger partial charge on any atom is -0.507 e. The summed E-state index contributed by atoms with van der Waals surface area (Å²) in [4.78, 5) is 13.0. The molecule has 0 aliphatic carbocycles. The molecule has 5 unspecified atom stereocenters. The standard InChI is InChI=1S/C25H26O8/c1-13-8-16(11-20-23(29)25(31)24(30)21(12-26)33-20)22(18(28)9-13)17(27)4-2-14-3-5-19-15(10-14)6-7-32-19/h2-10,20-21,23-26,28-31H,11-12H2,1H3/b4-2+. The van der Waals surface area contributed by atoms with Crippen LogP contribution in [0, 0.1) is 6.92 Å². The molecule has 1 aliphatic rings. The zero-order valence-corrected chi connectivity index (χ0v) is 18.0. The van der Waals surface area contributed by atoms with Gasteiger partial charge in [0, 0.05) is 11.8 Å². The molecule has 1 aromatic heterocycles. The number of furan rings is 1. The number of hydrogen-bond acceptors (Lipinski definition) is 8. The third-order valence-corrected chi connectivity index (χ3v) is 5.91. The van der Waals surface area contributed by atoms with Crippen molar-refractivity contribution >= 4 is 22.8 Å². The second kappa shape index (κ2) is 9.46. The first-order chi connectivity index (χ1) is 15.8. The van der Waals surface area contributed by atoms with Gasteiger partial charge >= 0.3 is 0 Å². The lowest BCUT2D eigenvalue weighted by Gasteiger charge is -2.40. The van der Waals surface area contributed by atoms with E-state index in [1.54, 1.807) is 37.5 Å². The zero-order chi connectivity index (χ0) is 23.7. The molecule has 8 heteroatoms. The molecule has 3 aromatic rings. The minimum absolute atomic E-state index is 0.0213. The van der Waals surface area contributed by atoms with E-state index in [1.165, 1.54) is 12.1 Å². The summed E-state index contributed by atoms with van der Waals surface area (Å²) in [5.41, 5.74) is 2.67. The van der Waals surface area contributed by atoms with Crippen LogP contribution in [0.25, 0.3) is 17.0 Å². The highest BCUT2D eigenvalue weighted by molar-refractivity contribution is 6.09. The topological polar surface area (TPSA) is 141 Å². The van der Waals surface area contributed by atoms with E-state index in [0.29, 0.717) is 11.1 Å². The summed E-state index contributed by atoms with van der Waals surface area (Å²) < 4.78 is 10.9. The number of phenolic OH excluding ortho intramolecular Hbond substituents is 1. The molecule has 1 fully saturated rings. The van der Waals surface area contributed by atoms with Crippen LogP contribution in [-0.2, 0) is 11.2 Å². The fourth-order valence-electron chi connectivity index (χ4n) is 4.19. The normalized spacial score (nSPS) is 25.7. The lowest BCUT2D eigenvalue weighted by molar-refractivity contribution is -0.228. The quantitative estimate of drug-likeness (QED) is 0.280. The molecule has 33 heavy (non-hydrogen) atoms. The van der Waals surface area contributed by atoms with Crippen LogP contribution in [0.3, 0.4) is 0 Å². The zero-order valence-electron chi connectivity index (χ0n) is 18.0. The Hall–Kier alpha value is -3.01. The van der Waals surface area contributed by atoms with E-state index in [-0.39, 0.29) is 17.7 Å². The van der Waals surface area contributed by atoms with Crippen LogP contribution in [0.2, 0.25) is 0 Å². The predicted octanol–water partition coefficient (Wildman–Crippen LogP) is 1.73. The van der Waals surface area contributed by atoms with Crippen LogP contribution < -0.4 is 0 Å². The van der Waals surface area contributed by atoms with Crippen LogP contribution in [-0.4, -0.2) is 68.4 Å². The number of rotatable bonds is 6. The van der Waals surface area contributed by atoms with E-state index in [9.17, 15) is 30.3 Å². The molecule has 1 saturated heterocycles. The van der Waals surface area contributed by atoms with Crippen LogP contribution in [0.4, 0.5) is 0 Å². The minimum atomic E-state index is -1.52. The maximum Gasteiger partial charge on any atom is 0.189 e. The summed E-state index contributed by atoms with van der Waals surface area (Å²) in [5.74, 6) is -0.658. The van der Waals surface area contributed by atoms with Crippen LogP contribution >= 0.6 is 0 Å². The highest BCUT2D eigenvalue weighted by Gasteiger charge is 2.43. The Balaban J connectivity index is 1.61. The molecular formula is C25H26O8. The Kier molecular flexibility index (Phi) is 6.64. The number of phenols is 1. The number of fused-ring (bicyclic) bond motifs is 1. The third kappa shape index (κ3) is 4.71. The summed E-state index contributed by atoms with van der Waals surface area (Å²) in [5, 5.41) is 51.3. The Morgan fingerprint density at radius 3 is 2.55 bits per heavy atom. The molecule has 1 aliphatic heterocycles. The average molecular weight is 454 g/mol. The van der Waals surface area contributed by atoms with Gasteiger partial charge in [0.1, 0.15) is 35.7 Å². The van der Waals surface area contributed by atoms with Gasteiger partial charge in [-0.25, -0.2) is 0 Å². The van der Waals surface area contributed by atoms with Crippen molar-refractivity contribution in [1.29, 1.82) is 0 Å². The maximum absolute atomic E-state index is 13.0. The van der Waals surface area contributed by atoms with Crippen molar-refractivity contribution in [3.8, 4) is 5.75 Å². The van der Waals surface area contributed by atoms with Gasteiger partial charge < -0.3 is 34.7 Å². The number of carbonyl (C=O) groups excluding carboxylic acids is 1. The number of ketones is 1. The van der Waals surface area contributed by atoms with Crippen LogP contribution in [0.1, 0.15) is 27.0 Å². The lowest BCUT2D eigenvalue weighted by atomic mass is 9.88. The summed E-state index contributed by atoms with van der Waals surface area (Å²) in [6.45, 7) is 1.21. The molecule has 8 nitrogen and oxygen atoms in total. The van der Waals surface area contributed by atoms with E-state index >= 15 is 0 Å². The molecule has 0 bridgehead atoms. The number of aromatic hydroxyl groups is 1. The molecule has 174 valence electrons. The number of hydrogen-bond donors (Lipinski definition) is 5. The van der Waals surface area contributed by atoms with Gasteiger partial charge in [-0.2, -0.15) is 0 Å². The SMILES string of the molecule is Cc1cc(O)c(C(=O)/C=C/c2ccc3occc3c2)c(CC2OC(CO)C(O)C(O)C2O)c1. The van der Waals surface area contributed by atoms with E-state index < -0.39 is 42.9 Å². The van der Waals surface area contributed by atoms with Gasteiger partial charge in [-0.15, -0.1) is 0 Å². The number of carbonyl (C=O) groups is 1. The second-order valence-corrected chi connectivity index (χ2v) is 8.31. The van der Waals surface area contributed by atoms with Gasteiger partial charge in [0.2, 0.25) is 0 Å². The maximum atomic E-state index is 13.0. The molecule has 0 spiro atoms. The number of ether oxygens (including phenoxy) is 1. The van der Waals surface area contributed by atoms with Crippen molar-refractivity contribution in [3.05, 3.63) is 71.0 Å². The molecule has 5 N–H and O–H groups in total. The molecule has 4 rings (SSSR count). The fourth-order valence-corrected chi connectivity index (χ4v) is 4.19. The number of benzene rings is 2. The smallest absolute Gasteiger partial charge is 0.189 e. The molecule has 5 atom stereocenters. The lowest BCUT2D eigenvalue weighted by Crippen LogP contribution is -2.59. The number of aliphatic hydroxyl groups excluding tert-OH is 4. The first kappa shape index (κ1) is 23.2. The fraction of sp³-hybridized carbons (Fsp3) is 0.320. The molecule has 0 saturated carbocycles. The van der Waals surface area contributed by atoms with Crippen molar-refractivity contribution in [2.75, 3.05) is 6.61 Å². The summed E-state index contributed by atoms with van der Waals surface area (Å²) in [7, 11) is 0. The van der Waals surface area contributed by atoms with E-state index in [2.05, 4.69) is 0 Å². The van der Waals surface area contributed by atoms with Crippen LogP contribution in [0.15, 0.2) is 53.2 Å². The van der Waals surface area contributed by atoms with Crippen molar-refractivity contribution in [2.24, 2.45) is 0 Å². The molecule has 0 radical (unpaired) electrons. The predicted molar refractivity (Wildman–Crippen MR) is 120 cm³/mol. The van der Waals surface area contributed by atoms with Crippen molar-refractivity contribution in [3.63, 3.8) is 0 Å². The summed E-state index contributed by atoms with van der Waals surface area (Å²) >= 11 is 0. The number of aliphatic hydroxyl groups is 4. The van der Waals surface area contributed by atoms with Gasteiger partial charge in [0.05, 0.1) is 24.5 Å². The van der Waals surface area contributed by atoms with Gasteiger partial charge in [0.15, 0.2) is 5.78 Å². The Morgan fingerprint density at radius 2 is 1.79 bits per heavy atom. The van der Waals surface area contributed by atoms with Gasteiger partial charge in [-0.05, 0) is 54.0 Å². The Bertz CT molecular complexity index is 1180. The third-order valence-electron chi connectivity index (χ3n) is 5.91. The molecular weight excluding hydrogens is 428 g/mol. The van der Waals surface area contributed by atoms with Crippen molar-refractivity contribution in [2.45, 2.75) is 43.9 Å². The number of allylic oxidation sites excluding steroid dienone is 1. The van der Waals surface area contributed by atoms with Crippen molar-refractivity contribution < 1.29 is 39.5 Å². The second-order valence-electron chi connectivity index (χ2n) is 8.31. The van der Waals surface area contributed by atoms with Gasteiger partial charge in [-0.3, -0.25) is 4.79 Å². The Morgan fingerprint density at radius 1 is 1.03 bits per heavy atom. The summed E-state index contributed by atoms with van der Waals surface area (Å²) in [6, 6.07) is 10.5. The van der Waals surface area contributed by atoms with E-state index in [0.717, 1.165) is 16.5 Å². The summed E-state index contributed by atoms with van der Waals surface area (Å²) in [6.07, 6.45) is -1.94. The monoisotopic (exact) mass is 454 g/mol. The van der Waals surface area contributed by atoms with Gasteiger partial charge in [0.25, 0.3) is 0 Å². The number of aryl methyl sites for hydroxylation is 1. The van der Waals surface area contributed by atoms with E-state index in [1.807, 2.05) is 12.1 Å². The van der Waals surface area contributed by atoms with Crippen LogP contribution in [0.5, 0.6) is 5.75 Å². The highest BCUT2D eigenvalue weighted by atomic mass is 16.5.